The van der Waals surface area contributed by atoms with Crippen LogP contribution in [0.1, 0.15) is 50.0 Å². The molecule has 0 bridgehead atoms. The van der Waals surface area contributed by atoms with Gasteiger partial charge in [-0.2, -0.15) is 0 Å². The lowest BCUT2D eigenvalue weighted by atomic mass is 9.75. The zero-order valence-electron chi connectivity index (χ0n) is 11.6. The summed E-state index contributed by atoms with van der Waals surface area (Å²) in [5, 5.41) is 3.07. The molecule has 5 nitrogen and oxygen atoms in total. The van der Waals surface area contributed by atoms with Crippen molar-refractivity contribution < 1.29 is 4.79 Å². The van der Waals surface area contributed by atoms with Crippen LogP contribution in [0.4, 0.5) is 5.69 Å². The van der Waals surface area contributed by atoms with E-state index >= 15 is 0 Å². The lowest BCUT2D eigenvalue weighted by Gasteiger charge is -2.35. The highest BCUT2D eigenvalue weighted by molar-refractivity contribution is 5.93. The van der Waals surface area contributed by atoms with Gasteiger partial charge in [0.2, 0.25) is 0 Å². The van der Waals surface area contributed by atoms with Crippen molar-refractivity contribution in [3.8, 4) is 0 Å². The fourth-order valence-corrected chi connectivity index (χ4v) is 2.73. The van der Waals surface area contributed by atoms with Crippen molar-refractivity contribution in [3.05, 3.63) is 24.0 Å². The van der Waals surface area contributed by atoms with E-state index in [0.29, 0.717) is 16.8 Å². The Bertz CT molecular complexity index is 459. The van der Waals surface area contributed by atoms with Crippen molar-refractivity contribution in [2.75, 3.05) is 5.43 Å². The number of rotatable bonds is 3. The molecule has 1 saturated carbocycles. The number of nitrogens with one attached hydrogen (secondary N) is 2. The van der Waals surface area contributed by atoms with E-state index in [4.69, 9.17) is 5.84 Å². The van der Waals surface area contributed by atoms with Gasteiger partial charge in [0, 0.05) is 12.2 Å². The third-order valence-electron chi connectivity index (χ3n) is 3.70. The number of pyridine rings is 1. The van der Waals surface area contributed by atoms with E-state index in [1.165, 1.54) is 6.42 Å². The second-order valence-electron chi connectivity index (χ2n) is 6.01. The van der Waals surface area contributed by atoms with Crippen molar-refractivity contribution in [3.63, 3.8) is 0 Å². The Morgan fingerprint density at radius 2 is 2.32 bits per heavy atom. The van der Waals surface area contributed by atoms with Gasteiger partial charge in [0.05, 0.1) is 5.69 Å². The number of hydrazine groups is 1. The van der Waals surface area contributed by atoms with Gasteiger partial charge in [0.25, 0.3) is 5.91 Å². The Hall–Kier alpha value is -1.62. The highest BCUT2D eigenvalue weighted by Gasteiger charge is 2.29. The Morgan fingerprint density at radius 3 is 3.00 bits per heavy atom. The SMILES string of the molecule is CC1(C)CCCC(NC(=O)c2cc(NN)ccn2)C1. The van der Waals surface area contributed by atoms with Crippen LogP contribution in [-0.2, 0) is 0 Å². The first-order valence-electron chi connectivity index (χ1n) is 6.74. The number of nitrogens with zero attached hydrogens (tertiary/aromatic N) is 1. The Labute approximate surface area is 114 Å². The first-order chi connectivity index (χ1) is 9.00. The van der Waals surface area contributed by atoms with Crippen molar-refractivity contribution >= 4 is 11.6 Å². The van der Waals surface area contributed by atoms with Gasteiger partial charge in [-0.3, -0.25) is 15.6 Å². The fourth-order valence-electron chi connectivity index (χ4n) is 2.73. The van der Waals surface area contributed by atoms with Crippen molar-refractivity contribution in [1.82, 2.24) is 10.3 Å². The second-order valence-corrected chi connectivity index (χ2v) is 6.01. The highest BCUT2D eigenvalue weighted by Crippen LogP contribution is 2.35. The number of amides is 1. The monoisotopic (exact) mass is 262 g/mol. The molecule has 5 heteroatoms. The van der Waals surface area contributed by atoms with Gasteiger partial charge in [-0.25, -0.2) is 0 Å². The Kier molecular flexibility index (Phi) is 4.04. The summed E-state index contributed by atoms with van der Waals surface area (Å²) in [5.41, 5.74) is 3.91. The number of hydrogen-bond donors (Lipinski definition) is 3. The minimum absolute atomic E-state index is 0.125. The van der Waals surface area contributed by atoms with E-state index in [1.807, 2.05) is 0 Å². The van der Waals surface area contributed by atoms with Gasteiger partial charge < -0.3 is 10.7 Å². The topological polar surface area (TPSA) is 80.0 Å². The molecule has 1 unspecified atom stereocenters. The van der Waals surface area contributed by atoms with Crippen LogP contribution in [-0.4, -0.2) is 16.9 Å². The summed E-state index contributed by atoms with van der Waals surface area (Å²) in [6.45, 7) is 4.51. The molecule has 1 aliphatic rings. The molecule has 1 aromatic rings. The third-order valence-corrected chi connectivity index (χ3v) is 3.70. The molecule has 1 amide bonds. The molecule has 1 aliphatic carbocycles. The minimum atomic E-state index is -0.125. The fraction of sp³-hybridized carbons (Fsp3) is 0.571. The average Bonchev–Trinajstić information content (AvgIpc) is 2.37. The van der Waals surface area contributed by atoms with Crippen LogP contribution in [0.15, 0.2) is 18.3 Å². The van der Waals surface area contributed by atoms with E-state index < -0.39 is 0 Å². The predicted octanol–water partition coefficient (Wildman–Crippen LogP) is 2.07. The lowest BCUT2D eigenvalue weighted by Crippen LogP contribution is -2.40. The molecule has 1 atom stereocenters. The number of anilines is 1. The largest absolute Gasteiger partial charge is 0.348 e. The van der Waals surface area contributed by atoms with Crippen LogP contribution >= 0.6 is 0 Å². The molecule has 0 aromatic carbocycles. The first kappa shape index (κ1) is 13.8. The average molecular weight is 262 g/mol. The van der Waals surface area contributed by atoms with E-state index in [-0.39, 0.29) is 11.9 Å². The van der Waals surface area contributed by atoms with Crippen LogP contribution in [0.2, 0.25) is 0 Å². The maximum absolute atomic E-state index is 12.1. The second kappa shape index (κ2) is 5.57. The summed E-state index contributed by atoms with van der Waals surface area (Å²) in [6, 6.07) is 3.62. The number of hydrogen-bond acceptors (Lipinski definition) is 4. The highest BCUT2D eigenvalue weighted by atomic mass is 16.1. The molecule has 1 fully saturated rings. The molecular formula is C14H22N4O. The van der Waals surface area contributed by atoms with E-state index in [9.17, 15) is 4.79 Å². The first-order valence-corrected chi connectivity index (χ1v) is 6.74. The summed E-state index contributed by atoms with van der Waals surface area (Å²) in [7, 11) is 0. The molecule has 104 valence electrons. The minimum Gasteiger partial charge on any atom is -0.348 e. The van der Waals surface area contributed by atoms with Crippen LogP contribution in [0.3, 0.4) is 0 Å². The molecule has 1 aromatic heterocycles. The zero-order chi connectivity index (χ0) is 13.9. The molecule has 19 heavy (non-hydrogen) atoms. The smallest absolute Gasteiger partial charge is 0.270 e. The van der Waals surface area contributed by atoms with Gasteiger partial charge in [-0.1, -0.05) is 20.3 Å². The zero-order valence-corrected chi connectivity index (χ0v) is 11.6. The maximum atomic E-state index is 12.1. The summed E-state index contributed by atoms with van der Waals surface area (Å²) in [6.07, 6.45) is 6.03. The van der Waals surface area contributed by atoms with Gasteiger partial charge >= 0.3 is 0 Å². The molecule has 0 saturated heterocycles. The molecular weight excluding hydrogens is 240 g/mol. The number of aromatic nitrogens is 1. The maximum Gasteiger partial charge on any atom is 0.270 e. The molecule has 0 aliphatic heterocycles. The molecule has 0 spiro atoms. The third kappa shape index (κ3) is 3.67. The van der Waals surface area contributed by atoms with Crippen molar-refractivity contribution in [2.45, 2.75) is 45.6 Å². The van der Waals surface area contributed by atoms with Crippen molar-refractivity contribution in [2.24, 2.45) is 11.3 Å². The van der Waals surface area contributed by atoms with E-state index in [1.54, 1.807) is 18.3 Å². The van der Waals surface area contributed by atoms with E-state index in [2.05, 4.69) is 29.6 Å². The van der Waals surface area contributed by atoms with Crippen LogP contribution in [0.5, 0.6) is 0 Å². The van der Waals surface area contributed by atoms with Crippen LogP contribution in [0, 0.1) is 5.41 Å². The van der Waals surface area contributed by atoms with E-state index in [0.717, 1.165) is 19.3 Å². The normalized spacial score (nSPS) is 21.7. The van der Waals surface area contributed by atoms with Gasteiger partial charge in [0.15, 0.2) is 0 Å². The molecule has 1 heterocycles. The predicted molar refractivity (Wildman–Crippen MR) is 75.6 cm³/mol. The van der Waals surface area contributed by atoms with Gasteiger partial charge in [-0.05, 0) is 36.8 Å². The summed E-state index contributed by atoms with van der Waals surface area (Å²) < 4.78 is 0. The lowest BCUT2D eigenvalue weighted by molar-refractivity contribution is 0.0897. The summed E-state index contributed by atoms with van der Waals surface area (Å²) in [5.74, 6) is 5.20. The Morgan fingerprint density at radius 1 is 1.53 bits per heavy atom. The Balaban J connectivity index is 2.00. The van der Waals surface area contributed by atoms with Crippen molar-refractivity contribution in [1.29, 1.82) is 0 Å². The van der Waals surface area contributed by atoms with Crippen LogP contribution < -0.4 is 16.6 Å². The number of carbonyl (C=O) groups excluding carboxylic acids is 1. The molecule has 4 N–H and O–H groups in total. The van der Waals surface area contributed by atoms with Crippen LogP contribution in [0.25, 0.3) is 0 Å². The number of nitrogens with two attached hydrogens (primary N) is 1. The number of carbonyl (C=O) groups is 1. The molecule has 0 radical (unpaired) electrons. The number of nitrogen functional groups attached to an aromatic ring is 1. The van der Waals surface area contributed by atoms with Gasteiger partial charge in [0.1, 0.15) is 5.69 Å². The standard InChI is InChI=1S/C14H22N4O/c1-14(2)6-3-4-11(9-14)17-13(19)12-8-10(18-15)5-7-16-12/h5,7-8,11H,3-4,6,9,15H2,1-2H3,(H,16,18)(H,17,19). The quantitative estimate of drug-likeness (QED) is 0.575. The summed E-state index contributed by atoms with van der Waals surface area (Å²) >= 11 is 0. The molecule has 2 rings (SSSR count). The van der Waals surface area contributed by atoms with Gasteiger partial charge in [-0.15, -0.1) is 0 Å². The summed E-state index contributed by atoms with van der Waals surface area (Å²) in [4.78, 5) is 16.2.